The first-order chi connectivity index (χ1) is 13.5. The predicted octanol–water partition coefficient (Wildman–Crippen LogP) is 4.03. The number of hydrogen-bond acceptors (Lipinski definition) is 4. The van der Waals surface area contributed by atoms with E-state index in [9.17, 15) is 0 Å². The highest BCUT2D eigenvalue weighted by molar-refractivity contribution is 14.0. The van der Waals surface area contributed by atoms with Crippen LogP contribution >= 0.6 is 39.9 Å². The van der Waals surface area contributed by atoms with E-state index in [1.807, 2.05) is 26.1 Å². The molecule has 1 aromatic carbocycles. The van der Waals surface area contributed by atoms with Crippen LogP contribution in [-0.2, 0) is 6.54 Å². The highest BCUT2D eigenvalue weighted by Gasteiger charge is 2.24. The zero-order valence-electron chi connectivity index (χ0n) is 17.3. The van der Waals surface area contributed by atoms with E-state index >= 15 is 0 Å². The molecule has 0 radical (unpaired) electrons. The summed E-state index contributed by atoms with van der Waals surface area (Å²) >= 11 is 3.65. The van der Waals surface area contributed by atoms with Gasteiger partial charge in [-0.2, -0.15) is 0 Å². The average molecular weight is 574 g/mol. The smallest absolute Gasteiger partial charge is 0.191 e. The lowest BCUT2D eigenvalue weighted by Crippen LogP contribution is -2.44. The van der Waals surface area contributed by atoms with Gasteiger partial charge in [0.05, 0.1) is 25.0 Å². The van der Waals surface area contributed by atoms with Gasteiger partial charge in [-0.05, 0) is 48.3 Å². The minimum absolute atomic E-state index is 0. The number of benzene rings is 1. The number of rotatable bonds is 5. The highest BCUT2D eigenvalue weighted by Crippen LogP contribution is 2.28. The monoisotopic (exact) mass is 573 g/mol. The minimum atomic E-state index is 0. The van der Waals surface area contributed by atoms with Crippen LogP contribution in [0.1, 0.15) is 23.2 Å². The number of ether oxygens (including phenoxy) is 1. The maximum atomic E-state index is 5.50. The van der Waals surface area contributed by atoms with Crippen molar-refractivity contribution in [1.82, 2.24) is 15.6 Å². The molecule has 1 aliphatic rings. The highest BCUT2D eigenvalue weighted by atomic mass is 127. The number of aryl methyl sites for hydroxylation is 1. The van der Waals surface area contributed by atoms with Crippen LogP contribution in [0.4, 0.5) is 5.69 Å². The van der Waals surface area contributed by atoms with Crippen molar-refractivity contribution in [1.29, 1.82) is 0 Å². The number of aliphatic imine (C=N–C) groups is 1. The molecule has 0 bridgehead atoms. The number of aromatic nitrogens is 1. The van der Waals surface area contributed by atoms with Crippen LogP contribution in [0.25, 0.3) is 0 Å². The maximum Gasteiger partial charge on any atom is 0.191 e. The second-order valence-electron chi connectivity index (χ2n) is 7.00. The molecule has 1 aromatic heterocycles. The molecular formula is C21H29BrIN5O. The summed E-state index contributed by atoms with van der Waals surface area (Å²) in [6.45, 7) is 6.61. The fourth-order valence-electron chi connectivity index (χ4n) is 3.61. The zero-order chi connectivity index (χ0) is 20.1. The van der Waals surface area contributed by atoms with Gasteiger partial charge in [-0.1, -0.05) is 12.1 Å². The molecule has 1 fully saturated rings. The molecule has 1 atom stereocenters. The lowest BCUT2D eigenvalue weighted by molar-refractivity contribution is 0.406. The van der Waals surface area contributed by atoms with Gasteiger partial charge in [-0.3, -0.25) is 9.98 Å². The molecule has 0 spiro atoms. The van der Waals surface area contributed by atoms with E-state index in [-0.39, 0.29) is 24.0 Å². The quantitative estimate of drug-likeness (QED) is 0.321. The van der Waals surface area contributed by atoms with Gasteiger partial charge in [0.25, 0.3) is 0 Å². The number of pyridine rings is 1. The summed E-state index contributed by atoms with van der Waals surface area (Å²) < 4.78 is 6.63. The van der Waals surface area contributed by atoms with Crippen molar-refractivity contribution in [3.8, 4) is 5.75 Å². The molecular weight excluding hydrogens is 545 g/mol. The number of hydrogen-bond donors (Lipinski definition) is 2. The van der Waals surface area contributed by atoms with Crippen LogP contribution in [0.5, 0.6) is 5.75 Å². The van der Waals surface area contributed by atoms with Crippen molar-refractivity contribution in [2.75, 3.05) is 32.1 Å². The predicted molar refractivity (Wildman–Crippen MR) is 134 cm³/mol. The SMILES string of the molecule is CN=C(NCc1ncc(C)c(OC)c1C)NC1CCN(c2ccccc2Br)C1.I. The van der Waals surface area contributed by atoms with Crippen LogP contribution in [0, 0.1) is 13.8 Å². The lowest BCUT2D eigenvalue weighted by atomic mass is 10.1. The molecule has 6 nitrogen and oxygen atoms in total. The summed E-state index contributed by atoms with van der Waals surface area (Å²) in [6.07, 6.45) is 2.92. The third-order valence-electron chi connectivity index (χ3n) is 5.12. The molecule has 8 heteroatoms. The second-order valence-corrected chi connectivity index (χ2v) is 7.85. The fraction of sp³-hybridized carbons (Fsp3) is 0.429. The number of methoxy groups -OCH3 is 1. The Kier molecular flexibility index (Phi) is 9.01. The molecule has 0 aliphatic carbocycles. The summed E-state index contributed by atoms with van der Waals surface area (Å²) in [4.78, 5) is 11.3. The average Bonchev–Trinajstić information content (AvgIpc) is 3.15. The standard InChI is InChI=1S/C21H28BrN5O.HI/c1-14-11-24-18(15(2)20(14)28-4)12-25-21(23-3)26-16-9-10-27(13-16)19-8-6-5-7-17(19)22;/h5-8,11,16H,9-10,12-13H2,1-4H3,(H2,23,25,26);1H. The first-order valence-electron chi connectivity index (χ1n) is 9.49. The molecule has 2 N–H and O–H groups in total. The maximum absolute atomic E-state index is 5.50. The molecule has 2 heterocycles. The Hall–Kier alpha value is -1.55. The Bertz CT molecular complexity index is 861. The van der Waals surface area contributed by atoms with Crippen LogP contribution in [0.2, 0.25) is 0 Å². The van der Waals surface area contributed by atoms with Gasteiger partial charge < -0.3 is 20.3 Å². The van der Waals surface area contributed by atoms with Crippen LogP contribution in [0.15, 0.2) is 39.9 Å². The Balaban J connectivity index is 0.00000300. The number of anilines is 1. The first kappa shape index (κ1) is 23.7. The molecule has 0 saturated carbocycles. The first-order valence-corrected chi connectivity index (χ1v) is 10.3. The number of guanidine groups is 1. The number of para-hydroxylation sites is 1. The zero-order valence-corrected chi connectivity index (χ0v) is 21.2. The fourth-order valence-corrected chi connectivity index (χ4v) is 4.15. The van der Waals surface area contributed by atoms with E-state index in [1.54, 1.807) is 14.2 Å². The third kappa shape index (κ3) is 5.75. The lowest BCUT2D eigenvalue weighted by Gasteiger charge is -2.21. The van der Waals surface area contributed by atoms with Gasteiger partial charge in [-0.15, -0.1) is 24.0 Å². The molecule has 3 rings (SSSR count). The van der Waals surface area contributed by atoms with Gasteiger partial charge >= 0.3 is 0 Å². The van der Waals surface area contributed by atoms with Crippen LogP contribution in [-0.4, -0.2) is 44.2 Å². The van der Waals surface area contributed by atoms with E-state index in [0.717, 1.165) is 52.5 Å². The topological polar surface area (TPSA) is 61.8 Å². The Morgan fingerprint density at radius 1 is 1.34 bits per heavy atom. The molecule has 29 heavy (non-hydrogen) atoms. The van der Waals surface area contributed by atoms with E-state index in [4.69, 9.17) is 4.74 Å². The van der Waals surface area contributed by atoms with Crippen LogP contribution < -0.4 is 20.3 Å². The van der Waals surface area contributed by atoms with E-state index < -0.39 is 0 Å². The van der Waals surface area contributed by atoms with Gasteiger partial charge in [0.1, 0.15) is 5.75 Å². The van der Waals surface area contributed by atoms with Gasteiger partial charge in [0.2, 0.25) is 0 Å². The number of nitrogens with one attached hydrogen (secondary N) is 2. The second kappa shape index (κ2) is 11.0. The summed E-state index contributed by atoms with van der Waals surface area (Å²) in [5.74, 6) is 1.69. The van der Waals surface area contributed by atoms with Crippen molar-refractivity contribution in [2.24, 2.45) is 4.99 Å². The van der Waals surface area contributed by atoms with Crippen molar-refractivity contribution in [3.05, 3.63) is 51.8 Å². The molecule has 1 aliphatic heterocycles. The normalized spacial score (nSPS) is 16.4. The van der Waals surface area contributed by atoms with Crippen molar-refractivity contribution >= 4 is 51.6 Å². The van der Waals surface area contributed by atoms with Crippen LogP contribution in [0.3, 0.4) is 0 Å². The largest absolute Gasteiger partial charge is 0.496 e. The Labute approximate surface area is 198 Å². The molecule has 0 amide bonds. The molecule has 1 unspecified atom stereocenters. The third-order valence-corrected chi connectivity index (χ3v) is 5.79. The van der Waals surface area contributed by atoms with E-state index in [2.05, 4.69) is 59.6 Å². The number of nitrogens with zero attached hydrogens (tertiary/aromatic N) is 3. The van der Waals surface area contributed by atoms with Gasteiger partial charge in [0, 0.05) is 48.0 Å². The number of halogens is 2. The minimum Gasteiger partial charge on any atom is -0.496 e. The van der Waals surface area contributed by atoms with Crippen molar-refractivity contribution in [2.45, 2.75) is 32.9 Å². The molecule has 2 aromatic rings. The van der Waals surface area contributed by atoms with Gasteiger partial charge in [0.15, 0.2) is 5.96 Å². The molecule has 158 valence electrons. The summed E-state index contributed by atoms with van der Waals surface area (Å²) in [5.41, 5.74) is 4.31. The summed E-state index contributed by atoms with van der Waals surface area (Å²) in [6, 6.07) is 8.70. The van der Waals surface area contributed by atoms with Crippen molar-refractivity contribution in [3.63, 3.8) is 0 Å². The van der Waals surface area contributed by atoms with E-state index in [1.165, 1.54) is 5.69 Å². The van der Waals surface area contributed by atoms with E-state index in [0.29, 0.717) is 12.6 Å². The summed E-state index contributed by atoms with van der Waals surface area (Å²) in [7, 11) is 3.50. The summed E-state index contributed by atoms with van der Waals surface area (Å²) in [5, 5.41) is 6.92. The Morgan fingerprint density at radius 3 is 2.79 bits per heavy atom. The van der Waals surface area contributed by atoms with Gasteiger partial charge in [-0.25, -0.2) is 0 Å². The van der Waals surface area contributed by atoms with Crippen molar-refractivity contribution < 1.29 is 4.74 Å². The Morgan fingerprint density at radius 2 is 2.10 bits per heavy atom. The molecule has 1 saturated heterocycles.